The topological polar surface area (TPSA) is 91.8 Å². The molecular formula is C24H16ClN5O2S. The van der Waals surface area contributed by atoms with Crippen LogP contribution in [-0.2, 0) is 11.3 Å². The summed E-state index contributed by atoms with van der Waals surface area (Å²) in [6, 6.07) is 22.7. The van der Waals surface area contributed by atoms with E-state index in [4.69, 9.17) is 11.6 Å². The summed E-state index contributed by atoms with van der Waals surface area (Å²) in [5.74, 6) is 0.189. The van der Waals surface area contributed by atoms with Gasteiger partial charge in [0.25, 0.3) is 11.1 Å². The maximum atomic E-state index is 12.9. The van der Waals surface area contributed by atoms with Crippen LogP contribution in [0.2, 0.25) is 5.02 Å². The lowest BCUT2D eigenvalue weighted by molar-refractivity contribution is -0.123. The average Bonchev–Trinajstić information content (AvgIpc) is 3.46. The van der Waals surface area contributed by atoms with Gasteiger partial charge in [0.05, 0.1) is 11.4 Å². The van der Waals surface area contributed by atoms with Crippen molar-refractivity contribution in [3.05, 3.63) is 93.9 Å². The van der Waals surface area contributed by atoms with Crippen molar-refractivity contribution in [2.75, 3.05) is 0 Å². The number of amides is 2. The van der Waals surface area contributed by atoms with Gasteiger partial charge < -0.3 is 0 Å². The Bertz CT molecular complexity index is 1370. The van der Waals surface area contributed by atoms with Gasteiger partial charge in [-0.1, -0.05) is 78.3 Å². The monoisotopic (exact) mass is 473 g/mol. The summed E-state index contributed by atoms with van der Waals surface area (Å²) in [7, 11) is 0. The van der Waals surface area contributed by atoms with Gasteiger partial charge in [-0.25, -0.2) is 0 Å². The number of nitrogens with one attached hydrogen (secondary N) is 1. The summed E-state index contributed by atoms with van der Waals surface area (Å²) in [5.41, 5.74) is 4.33. The van der Waals surface area contributed by atoms with Crippen LogP contribution in [0.15, 0.2) is 77.7 Å². The molecule has 5 rings (SSSR count). The highest BCUT2D eigenvalue weighted by molar-refractivity contribution is 8.18. The van der Waals surface area contributed by atoms with E-state index in [9.17, 15) is 9.59 Å². The lowest BCUT2D eigenvalue weighted by Gasteiger charge is -2.13. The molecule has 0 saturated carbocycles. The van der Waals surface area contributed by atoms with Crippen LogP contribution in [0.3, 0.4) is 0 Å². The first-order valence-electron chi connectivity index (χ1n) is 10.0. The average molecular weight is 474 g/mol. The number of carbonyl (C=O) groups excluding carboxylic acids is 2. The number of hydrogen-bond acceptors (Lipinski definition) is 6. The Morgan fingerprint density at radius 3 is 2.39 bits per heavy atom. The highest BCUT2D eigenvalue weighted by Crippen LogP contribution is 2.35. The summed E-state index contributed by atoms with van der Waals surface area (Å²) in [5, 5.41) is 14.5. The second kappa shape index (κ2) is 9.01. The van der Waals surface area contributed by atoms with Gasteiger partial charge in [0.1, 0.15) is 0 Å². The van der Waals surface area contributed by atoms with Crippen molar-refractivity contribution >= 4 is 40.6 Å². The zero-order valence-corrected chi connectivity index (χ0v) is 18.7. The summed E-state index contributed by atoms with van der Waals surface area (Å²) in [6.07, 6.45) is 1.66. The van der Waals surface area contributed by atoms with Gasteiger partial charge in [0.15, 0.2) is 0 Å². The number of carbonyl (C=O) groups is 2. The van der Waals surface area contributed by atoms with E-state index in [1.807, 2.05) is 60.7 Å². The third kappa shape index (κ3) is 4.30. The summed E-state index contributed by atoms with van der Waals surface area (Å²) in [6.45, 7) is 0.192. The smallest absolute Gasteiger partial charge is 0.268 e. The molecule has 3 aromatic carbocycles. The fourth-order valence-electron chi connectivity index (χ4n) is 3.55. The van der Waals surface area contributed by atoms with Gasteiger partial charge in [-0.15, -0.1) is 10.2 Å². The zero-order valence-electron chi connectivity index (χ0n) is 17.1. The highest BCUT2D eigenvalue weighted by atomic mass is 35.5. The highest BCUT2D eigenvalue weighted by Gasteiger charge is 2.35. The van der Waals surface area contributed by atoms with E-state index in [0.717, 1.165) is 34.0 Å². The molecule has 0 atom stereocenters. The minimum absolute atomic E-state index is 0.192. The number of imide groups is 1. The van der Waals surface area contributed by atoms with Gasteiger partial charge in [-0.3, -0.25) is 14.5 Å². The van der Waals surface area contributed by atoms with Gasteiger partial charge >= 0.3 is 0 Å². The fraction of sp³-hybridized carbons (Fsp3) is 0.0417. The number of thioether (sulfide) groups is 1. The molecule has 1 saturated heterocycles. The van der Waals surface area contributed by atoms with E-state index < -0.39 is 0 Å². The minimum atomic E-state index is -0.323. The number of rotatable bonds is 5. The van der Waals surface area contributed by atoms with Crippen LogP contribution >= 0.6 is 23.4 Å². The molecule has 1 aliphatic heterocycles. The molecule has 0 radical (unpaired) electrons. The predicted octanol–water partition coefficient (Wildman–Crippen LogP) is 5.42. The minimum Gasteiger partial charge on any atom is -0.268 e. The van der Waals surface area contributed by atoms with Crippen molar-refractivity contribution in [3.8, 4) is 22.5 Å². The van der Waals surface area contributed by atoms with Crippen molar-refractivity contribution in [2.45, 2.75) is 6.54 Å². The van der Waals surface area contributed by atoms with Gasteiger partial charge in [0, 0.05) is 10.6 Å². The van der Waals surface area contributed by atoms with Crippen LogP contribution < -0.4 is 0 Å². The number of H-pyrrole nitrogens is 1. The first-order chi connectivity index (χ1) is 16.1. The fourth-order valence-corrected chi connectivity index (χ4v) is 4.57. The third-order valence-electron chi connectivity index (χ3n) is 5.18. The molecule has 0 unspecified atom stereocenters. The molecule has 2 heterocycles. The number of aromatic nitrogens is 4. The summed E-state index contributed by atoms with van der Waals surface area (Å²) < 4.78 is 0. The quantitative estimate of drug-likeness (QED) is 0.389. The number of nitrogens with zero attached hydrogens (tertiary/aromatic N) is 4. The standard InChI is InChI=1S/C24H16ClN5O2S/c25-20-8-4-1-5-17(20)13-21-23(31)30(24(32)33-21)14-15-9-11-16(12-10-15)18-6-2-3-7-19(18)22-26-28-29-27-22/h1-13H,14H2,(H,26,27,28,29)/b21-13-. The van der Waals surface area contributed by atoms with Crippen molar-refractivity contribution < 1.29 is 9.59 Å². The van der Waals surface area contributed by atoms with Gasteiger partial charge in [-0.05, 0) is 51.4 Å². The Balaban J connectivity index is 1.36. The molecule has 9 heteroatoms. The van der Waals surface area contributed by atoms with Crippen molar-refractivity contribution in [2.24, 2.45) is 0 Å². The first kappa shape index (κ1) is 21.1. The molecule has 162 valence electrons. The molecule has 0 spiro atoms. The van der Waals surface area contributed by atoms with Crippen LogP contribution in [0, 0.1) is 0 Å². The molecule has 1 N–H and O–H groups in total. The number of benzene rings is 3. The molecule has 2 amide bonds. The Kier molecular flexibility index (Phi) is 5.77. The van der Waals surface area contributed by atoms with E-state index in [2.05, 4.69) is 20.6 Å². The molecule has 1 aromatic heterocycles. The van der Waals surface area contributed by atoms with E-state index in [-0.39, 0.29) is 17.7 Å². The molecule has 4 aromatic rings. The Morgan fingerprint density at radius 2 is 1.67 bits per heavy atom. The van der Waals surface area contributed by atoms with Crippen molar-refractivity contribution in [3.63, 3.8) is 0 Å². The molecule has 0 bridgehead atoms. The van der Waals surface area contributed by atoms with Crippen molar-refractivity contribution in [1.82, 2.24) is 25.5 Å². The van der Waals surface area contributed by atoms with Crippen LogP contribution in [0.1, 0.15) is 11.1 Å². The van der Waals surface area contributed by atoms with E-state index in [1.54, 1.807) is 18.2 Å². The number of aromatic amines is 1. The van der Waals surface area contributed by atoms with Crippen LogP contribution in [0.5, 0.6) is 0 Å². The van der Waals surface area contributed by atoms with Crippen LogP contribution in [0.4, 0.5) is 4.79 Å². The Morgan fingerprint density at radius 1 is 0.939 bits per heavy atom. The maximum Gasteiger partial charge on any atom is 0.293 e. The molecule has 7 nitrogen and oxygen atoms in total. The Labute approximate surface area is 198 Å². The lowest BCUT2D eigenvalue weighted by atomic mass is 9.98. The number of tetrazole rings is 1. The van der Waals surface area contributed by atoms with Gasteiger partial charge in [0.2, 0.25) is 5.82 Å². The molecule has 1 fully saturated rings. The van der Waals surface area contributed by atoms with Crippen LogP contribution in [0.25, 0.3) is 28.6 Å². The second-order valence-corrected chi connectivity index (χ2v) is 8.67. The summed E-state index contributed by atoms with van der Waals surface area (Å²) >= 11 is 7.11. The summed E-state index contributed by atoms with van der Waals surface area (Å²) in [4.78, 5) is 27.0. The molecule has 0 aliphatic carbocycles. The number of halogens is 1. The largest absolute Gasteiger partial charge is 0.293 e. The van der Waals surface area contributed by atoms with E-state index >= 15 is 0 Å². The predicted molar refractivity (Wildman–Crippen MR) is 128 cm³/mol. The SMILES string of the molecule is O=C1S/C(=C\c2ccccc2Cl)C(=O)N1Cc1ccc(-c2ccccc2-c2nn[nH]n2)cc1. The molecule has 1 aliphatic rings. The lowest BCUT2D eigenvalue weighted by Crippen LogP contribution is -2.27. The second-order valence-electron chi connectivity index (χ2n) is 7.27. The van der Waals surface area contributed by atoms with E-state index in [1.165, 1.54) is 4.90 Å². The number of hydrogen-bond donors (Lipinski definition) is 1. The molecular weight excluding hydrogens is 458 g/mol. The normalized spacial score (nSPS) is 14.9. The maximum absolute atomic E-state index is 12.9. The van der Waals surface area contributed by atoms with Crippen molar-refractivity contribution in [1.29, 1.82) is 0 Å². The third-order valence-corrected chi connectivity index (χ3v) is 6.44. The van der Waals surface area contributed by atoms with Crippen LogP contribution in [-0.4, -0.2) is 36.7 Å². The molecule has 33 heavy (non-hydrogen) atoms. The Hall–Kier alpha value is -3.75. The van der Waals surface area contributed by atoms with E-state index in [0.29, 0.717) is 21.3 Å². The zero-order chi connectivity index (χ0) is 22.8. The van der Waals surface area contributed by atoms with Gasteiger partial charge in [-0.2, -0.15) is 5.21 Å². The first-order valence-corrected chi connectivity index (χ1v) is 11.2.